The molecular formula is C25H27ClFN7O. The molecule has 1 saturated heterocycles. The summed E-state index contributed by atoms with van der Waals surface area (Å²) >= 11 is 6.83. The van der Waals surface area contributed by atoms with Crippen molar-refractivity contribution in [1.82, 2.24) is 24.9 Å². The van der Waals surface area contributed by atoms with Gasteiger partial charge in [0.2, 0.25) is 0 Å². The van der Waals surface area contributed by atoms with Crippen molar-refractivity contribution in [3.8, 4) is 0 Å². The van der Waals surface area contributed by atoms with Crippen LogP contribution < -0.4 is 15.5 Å². The maximum Gasteiger partial charge on any atom is 0.250 e. The molecule has 1 aliphatic carbocycles. The van der Waals surface area contributed by atoms with Gasteiger partial charge in [-0.05, 0) is 51.0 Å². The first-order valence-corrected chi connectivity index (χ1v) is 12.3. The molecule has 10 heteroatoms. The summed E-state index contributed by atoms with van der Waals surface area (Å²) in [6.07, 6.45) is 3.49. The molecule has 2 aromatic heterocycles. The minimum Gasteiger partial charge on any atom is -0.368 e. The molecule has 0 unspecified atom stereocenters. The standard InChI is InChI=1S/C25H27ClFN7O/c1-13-10-33(11-14(2)28-13)18-8-19(26)22-21(9-18)34(25(35)15-4-5-15)31-24(22)29-17-6-16-12-32(3)30-23(16)20(27)7-17/h6-9,12-15,28H,4-5,10-11H2,1-3H3,(H,29,31)/t13-,14-/m0/s1. The fourth-order valence-corrected chi connectivity index (χ4v) is 5.38. The van der Waals surface area contributed by atoms with Gasteiger partial charge >= 0.3 is 0 Å². The summed E-state index contributed by atoms with van der Waals surface area (Å²) in [6.45, 7) is 5.99. The van der Waals surface area contributed by atoms with Crippen molar-refractivity contribution in [2.24, 2.45) is 13.0 Å². The number of nitrogens with zero attached hydrogens (tertiary/aromatic N) is 5. The third kappa shape index (κ3) is 4.02. The second-order valence-corrected chi connectivity index (χ2v) is 10.3. The molecule has 0 bridgehead atoms. The second-order valence-electron chi connectivity index (χ2n) is 9.89. The number of benzene rings is 2. The maximum atomic E-state index is 14.7. The van der Waals surface area contributed by atoms with E-state index in [-0.39, 0.29) is 11.8 Å². The number of aryl methyl sites for hydroxylation is 1. The number of anilines is 3. The summed E-state index contributed by atoms with van der Waals surface area (Å²) in [4.78, 5) is 15.4. The molecule has 1 aliphatic heterocycles. The number of nitrogens with one attached hydrogen (secondary N) is 2. The summed E-state index contributed by atoms with van der Waals surface area (Å²) in [7, 11) is 1.75. The third-order valence-electron chi connectivity index (χ3n) is 6.72. The fourth-order valence-electron chi connectivity index (χ4n) is 5.08. The number of carbonyl (C=O) groups excluding carboxylic acids is 1. The van der Waals surface area contributed by atoms with Gasteiger partial charge < -0.3 is 15.5 Å². The number of hydrogen-bond donors (Lipinski definition) is 2. The number of fused-ring (bicyclic) bond motifs is 2. The van der Waals surface area contributed by atoms with Crippen LogP contribution in [0.4, 0.5) is 21.6 Å². The third-order valence-corrected chi connectivity index (χ3v) is 7.01. The van der Waals surface area contributed by atoms with Gasteiger partial charge in [-0.15, -0.1) is 5.10 Å². The van der Waals surface area contributed by atoms with Crippen LogP contribution in [0, 0.1) is 11.7 Å². The van der Waals surface area contributed by atoms with Crippen LogP contribution in [0.5, 0.6) is 0 Å². The van der Waals surface area contributed by atoms with E-state index in [9.17, 15) is 9.18 Å². The average Bonchev–Trinajstić information content (AvgIpc) is 3.48. The topological polar surface area (TPSA) is 80.0 Å². The number of hydrogen-bond acceptors (Lipinski definition) is 6. The van der Waals surface area contributed by atoms with E-state index in [2.05, 4.69) is 39.6 Å². The normalized spacial score (nSPS) is 20.7. The monoisotopic (exact) mass is 495 g/mol. The Morgan fingerprint density at radius 3 is 2.60 bits per heavy atom. The molecule has 0 radical (unpaired) electrons. The summed E-state index contributed by atoms with van der Waals surface area (Å²) in [5.41, 5.74) is 2.44. The van der Waals surface area contributed by atoms with Crippen LogP contribution in [0.3, 0.4) is 0 Å². The molecule has 182 valence electrons. The van der Waals surface area contributed by atoms with E-state index in [0.29, 0.717) is 50.4 Å². The van der Waals surface area contributed by atoms with E-state index in [4.69, 9.17) is 11.6 Å². The molecule has 4 aromatic rings. The van der Waals surface area contributed by atoms with Gasteiger partial charge in [-0.3, -0.25) is 9.48 Å². The Balaban J connectivity index is 1.45. The van der Waals surface area contributed by atoms with Crippen molar-refractivity contribution < 1.29 is 9.18 Å². The van der Waals surface area contributed by atoms with Crippen LogP contribution >= 0.6 is 11.6 Å². The molecule has 3 heterocycles. The lowest BCUT2D eigenvalue weighted by Crippen LogP contribution is -2.54. The van der Waals surface area contributed by atoms with Gasteiger partial charge in [-0.25, -0.2) is 4.39 Å². The first kappa shape index (κ1) is 22.3. The maximum absolute atomic E-state index is 14.7. The lowest BCUT2D eigenvalue weighted by molar-refractivity contribution is 0.0876. The Morgan fingerprint density at radius 2 is 1.89 bits per heavy atom. The molecule has 2 N–H and O–H groups in total. The Hall–Kier alpha value is -3.17. The van der Waals surface area contributed by atoms with Crippen LogP contribution in [0.2, 0.25) is 5.02 Å². The molecule has 2 atom stereocenters. The highest BCUT2D eigenvalue weighted by Crippen LogP contribution is 2.39. The molecule has 6 rings (SSSR count). The molecule has 8 nitrogen and oxygen atoms in total. The van der Waals surface area contributed by atoms with Gasteiger partial charge in [0.1, 0.15) is 5.52 Å². The van der Waals surface area contributed by atoms with Gasteiger partial charge in [0.25, 0.3) is 5.91 Å². The van der Waals surface area contributed by atoms with Crippen LogP contribution in [0.15, 0.2) is 30.5 Å². The van der Waals surface area contributed by atoms with E-state index < -0.39 is 5.82 Å². The quantitative estimate of drug-likeness (QED) is 0.427. The van der Waals surface area contributed by atoms with E-state index in [0.717, 1.165) is 31.6 Å². The highest BCUT2D eigenvalue weighted by Gasteiger charge is 2.34. The molecule has 0 spiro atoms. The van der Waals surface area contributed by atoms with E-state index in [1.807, 2.05) is 18.2 Å². The largest absolute Gasteiger partial charge is 0.368 e. The van der Waals surface area contributed by atoms with Crippen LogP contribution in [-0.2, 0) is 7.05 Å². The zero-order valence-corrected chi connectivity index (χ0v) is 20.6. The summed E-state index contributed by atoms with van der Waals surface area (Å²) < 4.78 is 17.7. The van der Waals surface area contributed by atoms with Crippen LogP contribution in [-0.4, -0.2) is 50.6 Å². The summed E-state index contributed by atoms with van der Waals surface area (Å²) in [6, 6.07) is 7.79. The van der Waals surface area contributed by atoms with Gasteiger partial charge in [0, 0.05) is 61.1 Å². The van der Waals surface area contributed by atoms with Gasteiger partial charge in [0.15, 0.2) is 11.6 Å². The fraction of sp³-hybridized carbons (Fsp3) is 0.400. The molecule has 35 heavy (non-hydrogen) atoms. The van der Waals surface area contributed by atoms with Crippen molar-refractivity contribution in [1.29, 1.82) is 0 Å². The van der Waals surface area contributed by atoms with Crippen LogP contribution in [0.1, 0.15) is 31.5 Å². The zero-order chi connectivity index (χ0) is 24.4. The van der Waals surface area contributed by atoms with Crippen molar-refractivity contribution in [3.63, 3.8) is 0 Å². The number of piperazine rings is 1. The second kappa shape index (κ2) is 8.20. The van der Waals surface area contributed by atoms with Crippen molar-refractivity contribution in [2.75, 3.05) is 23.3 Å². The first-order chi connectivity index (χ1) is 16.8. The molecule has 2 fully saturated rings. The molecule has 2 aliphatic rings. The van der Waals surface area contributed by atoms with E-state index in [1.54, 1.807) is 17.9 Å². The minimum absolute atomic E-state index is 0.0169. The first-order valence-electron chi connectivity index (χ1n) is 11.9. The molecule has 0 amide bonds. The van der Waals surface area contributed by atoms with Gasteiger partial charge in [0.05, 0.1) is 15.9 Å². The Bertz CT molecular complexity index is 1460. The Kier molecular flexibility index (Phi) is 5.23. The lowest BCUT2D eigenvalue weighted by Gasteiger charge is -2.37. The SMILES string of the molecule is C[C@H]1CN(c2cc(Cl)c3c(Nc4cc(F)c5nn(C)cc5c4)nn(C(=O)C4CC4)c3c2)C[C@H](C)N1. The minimum atomic E-state index is -0.432. The number of rotatable bonds is 4. The number of aromatic nitrogens is 4. The predicted molar refractivity (Wildman–Crippen MR) is 136 cm³/mol. The smallest absolute Gasteiger partial charge is 0.250 e. The Morgan fingerprint density at radius 1 is 1.14 bits per heavy atom. The summed E-state index contributed by atoms with van der Waals surface area (Å²) in [5.74, 6) is -0.0574. The van der Waals surface area contributed by atoms with Gasteiger partial charge in [-0.2, -0.15) is 9.78 Å². The van der Waals surface area contributed by atoms with E-state index in [1.165, 1.54) is 10.7 Å². The highest BCUT2D eigenvalue weighted by atomic mass is 35.5. The molecular weight excluding hydrogens is 469 g/mol. The highest BCUT2D eigenvalue weighted by molar-refractivity contribution is 6.37. The van der Waals surface area contributed by atoms with Gasteiger partial charge in [-0.1, -0.05) is 11.6 Å². The number of halogens is 2. The number of carbonyl (C=O) groups is 1. The lowest BCUT2D eigenvalue weighted by atomic mass is 10.1. The van der Waals surface area contributed by atoms with Crippen molar-refractivity contribution >= 4 is 56.5 Å². The van der Waals surface area contributed by atoms with Crippen molar-refractivity contribution in [2.45, 2.75) is 38.8 Å². The average molecular weight is 496 g/mol. The van der Waals surface area contributed by atoms with Crippen molar-refractivity contribution in [3.05, 3.63) is 41.3 Å². The summed E-state index contributed by atoms with van der Waals surface area (Å²) in [5, 5.41) is 17.4. The predicted octanol–water partition coefficient (Wildman–Crippen LogP) is 4.70. The zero-order valence-electron chi connectivity index (χ0n) is 19.8. The van der Waals surface area contributed by atoms with E-state index >= 15 is 0 Å². The molecule has 2 aromatic carbocycles. The Labute approximate surface area is 207 Å². The molecule has 1 saturated carbocycles. The van der Waals surface area contributed by atoms with Crippen LogP contribution in [0.25, 0.3) is 21.8 Å².